The molecule has 3 rings (SSSR count). The second kappa shape index (κ2) is 8.18. The molecule has 0 radical (unpaired) electrons. The first-order chi connectivity index (χ1) is 13.6. The van der Waals surface area contributed by atoms with E-state index in [0.717, 1.165) is 21.5 Å². The van der Waals surface area contributed by atoms with Gasteiger partial charge >= 0.3 is 6.09 Å². The number of piperazine rings is 1. The zero-order valence-electron chi connectivity index (χ0n) is 17.5. The topological polar surface area (TPSA) is 67.7 Å². The number of nitrogens with zero attached hydrogens (tertiary/aromatic N) is 4. The van der Waals surface area contributed by atoms with Gasteiger partial charge in [0, 0.05) is 31.7 Å². The molecule has 29 heavy (non-hydrogen) atoms. The van der Waals surface area contributed by atoms with E-state index < -0.39 is 5.60 Å². The average Bonchev–Trinajstić information content (AvgIpc) is 2.94. The minimum absolute atomic E-state index is 0.0325. The lowest BCUT2D eigenvalue weighted by Gasteiger charge is -2.35. The van der Waals surface area contributed by atoms with Gasteiger partial charge in [0.15, 0.2) is 0 Å². The molecule has 156 valence electrons. The number of benzene rings is 1. The Hall–Kier alpha value is -2.35. The van der Waals surface area contributed by atoms with Crippen LogP contribution in [0.1, 0.15) is 42.5 Å². The fraction of sp³-hybridized carbons (Fsp3) is 0.476. The van der Waals surface area contributed by atoms with Gasteiger partial charge in [-0.2, -0.15) is 5.10 Å². The third kappa shape index (κ3) is 4.80. The highest BCUT2D eigenvalue weighted by Gasteiger charge is 2.28. The zero-order chi connectivity index (χ0) is 21.3. The molecule has 1 aliphatic rings. The number of carbonyl (C=O) groups is 2. The van der Waals surface area contributed by atoms with Crippen LogP contribution in [-0.2, 0) is 4.74 Å². The highest BCUT2D eigenvalue weighted by atomic mass is 79.9. The monoisotopic (exact) mass is 462 g/mol. The largest absolute Gasteiger partial charge is 0.444 e. The molecule has 1 aromatic heterocycles. The van der Waals surface area contributed by atoms with Crippen molar-refractivity contribution in [3.8, 4) is 5.69 Å². The predicted octanol–water partition coefficient (Wildman–Crippen LogP) is 3.94. The van der Waals surface area contributed by atoms with Crippen LogP contribution in [0.2, 0.25) is 0 Å². The molecule has 1 aliphatic heterocycles. The summed E-state index contributed by atoms with van der Waals surface area (Å²) in [4.78, 5) is 28.4. The molecule has 1 fully saturated rings. The molecule has 0 unspecified atom stereocenters. The standard InChI is InChI=1S/C21H27BrN4O3/c1-14-18(22)15(2)26(23-14)17-8-6-16(7-9-17)19(27)24-10-12-25(13-11-24)20(28)29-21(3,4)5/h6-9H,10-13H2,1-5H3. The Labute approximate surface area is 179 Å². The molecular formula is C21H27BrN4O3. The summed E-state index contributed by atoms with van der Waals surface area (Å²) < 4.78 is 8.25. The van der Waals surface area contributed by atoms with Crippen molar-refractivity contribution in [2.24, 2.45) is 0 Å². The number of halogens is 1. The Kier molecular flexibility index (Phi) is 6.03. The summed E-state index contributed by atoms with van der Waals surface area (Å²) in [6.45, 7) is 11.4. The van der Waals surface area contributed by atoms with Gasteiger partial charge in [-0.15, -0.1) is 0 Å². The van der Waals surface area contributed by atoms with Crippen LogP contribution in [-0.4, -0.2) is 63.4 Å². The smallest absolute Gasteiger partial charge is 0.410 e. The van der Waals surface area contributed by atoms with Gasteiger partial charge < -0.3 is 14.5 Å². The maximum atomic E-state index is 12.8. The summed E-state index contributed by atoms with van der Waals surface area (Å²) in [5.74, 6) is -0.0325. The van der Waals surface area contributed by atoms with Gasteiger partial charge in [-0.3, -0.25) is 4.79 Å². The molecule has 7 nitrogen and oxygen atoms in total. The molecule has 1 aromatic carbocycles. The first-order valence-electron chi connectivity index (χ1n) is 9.66. The van der Waals surface area contributed by atoms with E-state index >= 15 is 0 Å². The van der Waals surface area contributed by atoms with E-state index in [1.54, 1.807) is 9.80 Å². The van der Waals surface area contributed by atoms with Crippen molar-refractivity contribution in [2.75, 3.05) is 26.2 Å². The van der Waals surface area contributed by atoms with Crippen molar-refractivity contribution in [2.45, 2.75) is 40.2 Å². The van der Waals surface area contributed by atoms with Crippen LogP contribution in [0.5, 0.6) is 0 Å². The number of aromatic nitrogens is 2. The van der Waals surface area contributed by atoms with Crippen LogP contribution in [0.4, 0.5) is 4.79 Å². The van der Waals surface area contributed by atoms with Crippen molar-refractivity contribution in [3.63, 3.8) is 0 Å². The van der Waals surface area contributed by atoms with Gasteiger partial charge in [0.2, 0.25) is 0 Å². The number of carbonyl (C=O) groups excluding carboxylic acids is 2. The first kappa shape index (κ1) is 21.4. The molecule has 2 heterocycles. The fourth-order valence-corrected chi connectivity index (χ4v) is 3.47. The SMILES string of the molecule is Cc1nn(-c2ccc(C(=O)N3CCN(C(=O)OC(C)(C)C)CC3)cc2)c(C)c1Br. The van der Waals surface area contributed by atoms with Crippen LogP contribution in [0.15, 0.2) is 28.7 Å². The normalized spacial score (nSPS) is 14.8. The summed E-state index contributed by atoms with van der Waals surface area (Å²) >= 11 is 3.54. The Morgan fingerprint density at radius 2 is 1.55 bits per heavy atom. The Bertz CT molecular complexity index is 907. The van der Waals surface area contributed by atoms with Crippen LogP contribution in [0.3, 0.4) is 0 Å². The van der Waals surface area contributed by atoms with Gasteiger partial charge in [-0.25, -0.2) is 9.48 Å². The van der Waals surface area contributed by atoms with Crippen molar-refractivity contribution >= 4 is 27.9 Å². The van der Waals surface area contributed by atoms with E-state index in [1.807, 2.05) is 63.6 Å². The lowest BCUT2D eigenvalue weighted by Crippen LogP contribution is -2.51. The number of aryl methyl sites for hydroxylation is 1. The van der Waals surface area contributed by atoms with E-state index in [-0.39, 0.29) is 12.0 Å². The number of ether oxygens (including phenoxy) is 1. The predicted molar refractivity (Wildman–Crippen MR) is 114 cm³/mol. The summed E-state index contributed by atoms with van der Waals surface area (Å²) in [7, 11) is 0. The van der Waals surface area contributed by atoms with Crippen LogP contribution in [0, 0.1) is 13.8 Å². The number of rotatable bonds is 2. The second-order valence-corrected chi connectivity index (χ2v) is 9.00. The van der Waals surface area contributed by atoms with E-state index in [2.05, 4.69) is 21.0 Å². The van der Waals surface area contributed by atoms with Crippen molar-refractivity contribution in [3.05, 3.63) is 45.7 Å². The maximum absolute atomic E-state index is 12.8. The third-order valence-corrected chi connectivity index (χ3v) is 5.93. The first-order valence-corrected chi connectivity index (χ1v) is 10.5. The minimum Gasteiger partial charge on any atom is -0.444 e. The van der Waals surface area contributed by atoms with Crippen LogP contribution in [0.25, 0.3) is 5.69 Å². The molecule has 2 amide bonds. The Balaban J connectivity index is 1.63. The Morgan fingerprint density at radius 1 is 1.00 bits per heavy atom. The average molecular weight is 463 g/mol. The second-order valence-electron chi connectivity index (χ2n) is 8.20. The van der Waals surface area contributed by atoms with Gasteiger partial charge in [0.25, 0.3) is 5.91 Å². The number of hydrogen-bond acceptors (Lipinski definition) is 4. The molecule has 0 atom stereocenters. The Morgan fingerprint density at radius 3 is 2.03 bits per heavy atom. The lowest BCUT2D eigenvalue weighted by molar-refractivity contribution is 0.0141. The van der Waals surface area contributed by atoms with Gasteiger partial charge in [0.1, 0.15) is 5.60 Å². The van der Waals surface area contributed by atoms with E-state index in [4.69, 9.17) is 4.74 Å². The molecule has 0 saturated carbocycles. The molecule has 0 N–H and O–H groups in total. The molecule has 0 bridgehead atoms. The minimum atomic E-state index is -0.521. The lowest BCUT2D eigenvalue weighted by atomic mass is 10.1. The number of amides is 2. The summed E-state index contributed by atoms with van der Waals surface area (Å²) in [6.07, 6.45) is -0.329. The van der Waals surface area contributed by atoms with Crippen LogP contribution >= 0.6 is 15.9 Å². The van der Waals surface area contributed by atoms with Crippen LogP contribution < -0.4 is 0 Å². The quantitative estimate of drug-likeness (QED) is 0.677. The highest BCUT2D eigenvalue weighted by Crippen LogP contribution is 2.23. The van der Waals surface area contributed by atoms with Crippen molar-refractivity contribution in [1.29, 1.82) is 0 Å². The zero-order valence-corrected chi connectivity index (χ0v) is 19.1. The highest BCUT2D eigenvalue weighted by molar-refractivity contribution is 9.10. The van der Waals surface area contributed by atoms with Crippen molar-refractivity contribution < 1.29 is 14.3 Å². The summed E-state index contributed by atoms with van der Waals surface area (Å²) in [5.41, 5.74) is 2.94. The van der Waals surface area contributed by atoms with E-state index in [1.165, 1.54) is 0 Å². The molecule has 8 heteroatoms. The fourth-order valence-electron chi connectivity index (χ4n) is 3.22. The molecule has 0 aliphatic carbocycles. The molecule has 2 aromatic rings. The van der Waals surface area contributed by atoms with Gasteiger partial charge in [-0.05, 0) is 74.8 Å². The molecular weight excluding hydrogens is 436 g/mol. The van der Waals surface area contributed by atoms with Gasteiger partial charge in [0.05, 0.1) is 21.5 Å². The maximum Gasteiger partial charge on any atom is 0.410 e. The van der Waals surface area contributed by atoms with E-state index in [9.17, 15) is 9.59 Å². The summed E-state index contributed by atoms with van der Waals surface area (Å²) in [6, 6.07) is 7.44. The van der Waals surface area contributed by atoms with Crippen molar-refractivity contribution in [1.82, 2.24) is 19.6 Å². The number of hydrogen-bond donors (Lipinski definition) is 0. The van der Waals surface area contributed by atoms with Gasteiger partial charge in [-0.1, -0.05) is 0 Å². The van der Waals surface area contributed by atoms with E-state index in [0.29, 0.717) is 31.7 Å². The third-order valence-electron chi connectivity index (χ3n) is 4.78. The molecule has 1 saturated heterocycles. The summed E-state index contributed by atoms with van der Waals surface area (Å²) in [5, 5.41) is 4.52. The molecule has 0 spiro atoms.